The molecule has 3 rings (SSSR count). The lowest BCUT2D eigenvalue weighted by Crippen LogP contribution is -2.15. The summed E-state index contributed by atoms with van der Waals surface area (Å²) in [5.74, 6) is -0.990. The summed E-state index contributed by atoms with van der Waals surface area (Å²) in [7, 11) is 0. The second-order valence-electron chi connectivity index (χ2n) is 6.49. The van der Waals surface area contributed by atoms with Crippen molar-refractivity contribution in [2.24, 2.45) is 0 Å². The first-order valence-corrected chi connectivity index (χ1v) is 8.96. The molecule has 0 aliphatic heterocycles. The molecule has 0 bridgehead atoms. The molecule has 1 aromatic carbocycles. The third-order valence-electron chi connectivity index (χ3n) is 4.38. The fraction of sp³-hybridized carbons (Fsp3) is 0.316. The molecule has 8 nitrogen and oxygen atoms in total. The van der Waals surface area contributed by atoms with Gasteiger partial charge in [0.05, 0.1) is 12.2 Å². The number of carbonyl (C=O) groups excluding carboxylic acids is 2. The van der Waals surface area contributed by atoms with Crippen LogP contribution < -0.4 is 0 Å². The summed E-state index contributed by atoms with van der Waals surface area (Å²) in [6, 6.07) is 4.52. The van der Waals surface area contributed by atoms with Crippen molar-refractivity contribution < 1.29 is 27.5 Å². The van der Waals surface area contributed by atoms with Gasteiger partial charge in [0.1, 0.15) is 12.2 Å². The van der Waals surface area contributed by atoms with Crippen LogP contribution in [0.2, 0.25) is 0 Å². The molecule has 0 aliphatic rings. The van der Waals surface area contributed by atoms with Crippen LogP contribution in [0.4, 0.5) is 13.2 Å². The molecule has 30 heavy (non-hydrogen) atoms. The minimum Gasteiger partial charge on any atom is -0.461 e. The average molecular weight is 421 g/mol. The topological polar surface area (TPSA) is 103 Å². The molecule has 11 heteroatoms. The smallest absolute Gasteiger partial charge is 0.416 e. The van der Waals surface area contributed by atoms with E-state index in [1.807, 2.05) is 0 Å². The molecule has 3 aromatic rings. The molecule has 158 valence electrons. The number of nitrogens with one attached hydrogen (secondary N) is 1. The highest BCUT2D eigenvalue weighted by Gasteiger charge is 2.31. The predicted molar refractivity (Wildman–Crippen MR) is 98.8 cm³/mol. The minimum atomic E-state index is -4.50. The number of hydrogen-bond donors (Lipinski definition) is 1. The first kappa shape index (κ1) is 21.2. The van der Waals surface area contributed by atoms with Gasteiger partial charge < -0.3 is 9.72 Å². The maximum Gasteiger partial charge on any atom is 0.416 e. The van der Waals surface area contributed by atoms with E-state index in [1.165, 1.54) is 12.1 Å². The summed E-state index contributed by atoms with van der Waals surface area (Å²) in [5, 5.41) is 11.5. The Labute approximate surface area is 169 Å². The first-order valence-electron chi connectivity index (χ1n) is 8.96. The zero-order valence-electron chi connectivity index (χ0n) is 16.4. The Morgan fingerprint density at radius 1 is 1.23 bits per heavy atom. The van der Waals surface area contributed by atoms with E-state index in [1.54, 1.807) is 20.8 Å². The molecule has 0 spiro atoms. The molecule has 0 aliphatic carbocycles. The second kappa shape index (κ2) is 8.09. The van der Waals surface area contributed by atoms with E-state index in [0.29, 0.717) is 16.8 Å². The van der Waals surface area contributed by atoms with E-state index in [9.17, 15) is 22.8 Å². The molecule has 0 unspecified atom stereocenters. The van der Waals surface area contributed by atoms with E-state index < -0.39 is 17.7 Å². The van der Waals surface area contributed by atoms with Crippen molar-refractivity contribution in [3.05, 3.63) is 52.3 Å². The first-order chi connectivity index (χ1) is 14.1. The lowest BCUT2D eigenvalue weighted by molar-refractivity contribution is -0.137. The molecule has 0 fully saturated rings. The van der Waals surface area contributed by atoms with E-state index in [4.69, 9.17) is 4.74 Å². The number of aryl methyl sites for hydroxylation is 1. The van der Waals surface area contributed by atoms with E-state index >= 15 is 0 Å². The number of esters is 1. The summed E-state index contributed by atoms with van der Waals surface area (Å²) in [4.78, 5) is 28.6. The summed E-state index contributed by atoms with van der Waals surface area (Å²) in [6.45, 7) is 4.83. The van der Waals surface area contributed by atoms with Gasteiger partial charge >= 0.3 is 12.1 Å². The Bertz CT molecular complexity index is 1100. The summed E-state index contributed by atoms with van der Waals surface area (Å²) in [5.41, 5.74) is 0.706. The summed E-state index contributed by atoms with van der Waals surface area (Å²) >= 11 is 0. The number of Topliss-reactive ketones (excluding diaryl/α,β-unsaturated/α-hetero) is 1. The van der Waals surface area contributed by atoms with Crippen LogP contribution in [0.3, 0.4) is 0 Å². The molecule has 1 N–H and O–H groups in total. The number of ketones is 1. The Morgan fingerprint density at radius 2 is 1.97 bits per heavy atom. The number of H-pyrrole nitrogens is 1. The number of tetrazole rings is 1. The zero-order chi connectivity index (χ0) is 22.1. The minimum absolute atomic E-state index is 0.0383. The van der Waals surface area contributed by atoms with Crippen LogP contribution in [-0.4, -0.2) is 43.6 Å². The van der Waals surface area contributed by atoms with Crippen molar-refractivity contribution in [3.8, 4) is 11.4 Å². The van der Waals surface area contributed by atoms with Crippen LogP contribution in [0.15, 0.2) is 24.3 Å². The standard InChI is InChI=1S/C19H18F3N5O3/c1-4-30-18(29)16-10(2)15(11(3)23-16)14(28)9-27-25-17(24-26-27)12-6-5-7-13(8-12)19(20,21)22/h5-8,23H,4,9H2,1-3H3. The van der Waals surface area contributed by atoms with Gasteiger partial charge in [0.15, 0.2) is 5.78 Å². The fourth-order valence-corrected chi connectivity index (χ4v) is 3.04. The number of ether oxygens (including phenoxy) is 1. The van der Waals surface area contributed by atoms with Crippen molar-refractivity contribution in [3.63, 3.8) is 0 Å². The largest absolute Gasteiger partial charge is 0.461 e. The zero-order valence-corrected chi connectivity index (χ0v) is 16.4. The van der Waals surface area contributed by atoms with Crippen molar-refractivity contribution >= 4 is 11.8 Å². The number of hydrogen-bond acceptors (Lipinski definition) is 6. The predicted octanol–water partition coefficient (Wildman–Crippen LogP) is 3.36. The number of nitrogens with zero attached hydrogens (tertiary/aromatic N) is 4. The third kappa shape index (κ3) is 4.24. The van der Waals surface area contributed by atoms with Gasteiger partial charge in [-0.15, -0.1) is 10.2 Å². The number of rotatable bonds is 6. The molecule has 0 saturated heterocycles. The third-order valence-corrected chi connectivity index (χ3v) is 4.38. The number of aromatic amines is 1. The lowest BCUT2D eigenvalue weighted by atomic mass is 10.1. The molecular weight excluding hydrogens is 403 g/mol. The Hall–Kier alpha value is -3.50. The van der Waals surface area contributed by atoms with Gasteiger partial charge in [-0.2, -0.15) is 18.0 Å². The van der Waals surface area contributed by atoms with Gasteiger partial charge in [0.25, 0.3) is 0 Å². The van der Waals surface area contributed by atoms with E-state index in [0.717, 1.165) is 16.9 Å². The number of aromatic nitrogens is 5. The van der Waals surface area contributed by atoms with Gasteiger partial charge in [-0.05, 0) is 43.7 Å². The molecule has 0 amide bonds. The van der Waals surface area contributed by atoms with Gasteiger partial charge in [-0.25, -0.2) is 4.79 Å². The monoisotopic (exact) mass is 421 g/mol. The van der Waals surface area contributed by atoms with Gasteiger partial charge in [-0.3, -0.25) is 4.79 Å². The number of alkyl halides is 3. The van der Waals surface area contributed by atoms with Crippen molar-refractivity contribution in [1.29, 1.82) is 0 Å². The molecular formula is C19H18F3N5O3. The molecule has 0 radical (unpaired) electrons. The number of benzene rings is 1. The normalized spacial score (nSPS) is 11.5. The quantitative estimate of drug-likeness (QED) is 0.484. The number of halogens is 3. The highest BCUT2D eigenvalue weighted by molar-refractivity contribution is 6.02. The van der Waals surface area contributed by atoms with Crippen LogP contribution >= 0.6 is 0 Å². The molecule has 0 atom stereocenters. The van der Waals surface area contributed by atoms with Crippen molar-refractivity contribution in [2.45, 2.75) is 33.5 Å². The Kier molecular flexibility index (Phi) is 5.72. The van der Waals surface area contributed by atoms with Gasteiger partial charge in [-0.1, -0.05) is 12.1 Å². The Morgan fingerprint density at radius 3 is 2.63 bits per heavy atom. The lowest BCUT2D eigenvalue weighted by Gasteiger charge is -2.06. The van der Waals surface area contributed by atoms with Crippen molar-refractivity contribution in [2.75, 3.05) is 6.61 Å². The number of carbonyl (C=O) groups is 2. The molecule has 2 heterocycles. The van der Waals surface area contributed by atoms with Crippen LogP contribution in [0.25, 0.3) is 11.4 Å². The molecule has 2 aromatic heterocycles. The maximum atomic E-state index is 12.9. The van der Waals surface area contributed by atoms with Crippen LogP contribution in [0.5, 0.6) is 0 Å². The van der Waals surface area contributed by atoms with E-state index in [-0.39, 0.29) is 36.0 Å². The second-order valence-corrected chi connectivity index (χ2v) is 6.49. The van der Waals surface area contributed by atoms with E-state index in [2.05, 4.69) is 20.4 Å². The summed E-state index contributed by atoms with van der Waals surface area (Å²) in [6.07, 6.45) is -4.50. The molecule has 0 saturated carbocycles. The van der Waals surface area contributed by atoms with Crippen molar-refractivity contribution in [1.82, 2.24) is 25.2 Å². The van der Waals surface area contributed by atoms with Gasteiger partial charge in [0.2, 0.25) is 5.82 Å². The van der Waals surface area contributed by atoms with Gasteiger partial charge in [0, 0.05) is 16.8 Å². The highest BCUT2D eigenvalue weighted by atomic mass is 19.4. The van der Waals surface area contributed by atoms with Crippen LogP contribution in [0, 0.1) is 13.8 Å². The SMILES string of the molecule is CCOC(=O)c1[nH]c(C)c(C(=O)Cn2nnc(-c3cccc(C(F)(F)F)c3)n2)c1C. The maximum absolute atomic E-state index is 12.9. The van der Waals surface area contributed by atoms with Crippen LogP contribution in [-0.2, 0) is 17.5 Å². The van der Waals surface area contributed by atoms with Crippen LogP contribution in [0.1, 0.15) is 44.6 Å². The Balaban J connectivity index is 1.82. The average Bonchev–Trinajstić information content (AvgIpc) is 3.25. The summed E-state index contributed by atoms with van der Waals surface area (Å²) < 4.78 is 43.6. The fourth-order valence-electron chi connectivity index (χ4n) is 3.04. The highest BCUT2D eigenvalue weighted by Crippen LogP contribution is 2.31.